The number of amides is 1. The lowest BCUT2D eigenvalue weighted by Crippen LogP contribution is -2.35. The molecule has 0 aliphatic heterocycles. The number of carbonyl (C=O) groups is 2. The number of H-pyrrole nitrogens is 1. The van der Waals surface area contributed by atoms with Gasteiger partial charge in [0.1, 0.15) is 6.79 Å². The Morgan fingerprint density at radius 2 is 2.00 bits per heavy atom. The minimum atomic E-state index is 0.127. The molecule has 108 valence electrons. The molecule has 0 bridgehead atoms. The van der Waals surface area contributed by atoms with Crippen LogP contribution in [0.5, 0.6) is 0 Å². The molecule has 0 radical (unpaired) electrons. The molecule has 4 heteroatoms. The first-order valence-electron chi connectivity index (χ1n) is 6.87. The predicted molar refractivity (Wildman–Crippen MR) is 81.6 cm³/mol. The summed E-state index contributed by atoms with van der Waals surface area (Å²) in [6.07, 6.45) is 4.42. The van der Waals surface area contributed by atoms with E-state index in [-0.39, 0.29) is 11.9 Å². The summed E-state index contributed by atoms with van der Waals surface area (Å²) in [4.78, 5) is 22.7. The topological polar surface area (TPSA) is 62.0 Å². The highest BCUT2D eigenvalue weighted by Crippen LogP contribution is 2.19. The summed E-state index contributed by atoms with van der Waals surface area (Å²) >= 11 is 0. The highest BCUT2D eigenvalue weighted by molar-refractivity contribution is 5.83. The van der Waals surface area contributed by atoms with Crippen LogP contribution in [0.3, 0.4) is 0 Å². The summed E-state index contributed by atoms with van der Waals surface area (Å²) in [6, 6.07) is 8.49. The molecule has 1 unspecified atom stereocenters. The van der Waals surface area contributed by atoms with Gasteiger partial charge in [0.25, 0.3) is 0 Å². The molecule has 0 fully saturated rings. The molecular formula is C16H22N2O2. The summed E-state index contributed by atoms with van der Waals surface area (Å²) in [5.41, 5.74) is 2.43. The van der Waals surface area contributed by atoms with Crippen molar-refractivity contribution in [3.63, 3.8) is 0 Å². The van der Waals surface area contributed by atoms with E-state index in [1.807, 2.05) is 32.0 Å². The molecular weight excluding hydrogens is 252 g/mol. The number of para-hydroxylation sites is 1. The number of carbonyl (C=O) groups excluding carboxylic acids is 2. The Balaban J connectivity index is 0.000000956. The molecule has 4 nitrogen and oxygen atoms in total. The van der Waals surface area contributed by atoms with Crippen LogP contribution in [-0.4, -0.2) is 23.7 Å². The van der Waals surface area contributed by atoms with Crippen LogP contribution in [0.25, 0.3) is 10.9 Å². The average molecular weight is 274 g/mol. The van der Waals surface area contributed by atoms with Gasteiger partial charge in [0, 0.05) is 29.6 Å². The van der Waals surface area contributed by atoms with Crippen LogP contribution in [0.2, 0.25) is 0 Å². The molecule has 1 atom stereocenters. The maximum Gasteiger partial charge on any atom is 0.219 e. The number of benzene rings is 1. The SMILES string of the molecule is C=O.CCC(=O)NC(CC)Cc1c[nH]c2ccccc12. The van der Waals surface area contributed by atoms with Crippen molar-refractivity contribution >= 4 is 23.6 Å². The molecule has 2 N–H and O–H groups in total. The highest BCUT2D eigenvalue weighted by Gasteiger charge is 2.12. The zero-order chi connectivity index (χ0) is 15.0. The molecule has 0 aliphatic carbocycles. The Morgan fingerprint density at radius 3 is 2.65 bits per heavy atom. The maximum atomic E-state index is 11.5. The van der Waals surface area contributed by atoms with Gasteiger partial charge in [0.05, 0.1) is 0 Å². The Morgan fingerprint density at radius 1 is 1.30 bits per heavy atom. The Kier molecular flexibility index (Phi) is 6.50. The third kappa shape index (κ3) is 3.95. The van der Waals surface area contributed by atoms with E-state index >= 15 is 0 Å². The molecule has 2 aromatic rings. The van der Waals surface area contributed by atoms with E-state index < -0.39 is 0 Å². The Bertz CT molecular complexity index is 548. The first kappa shape index (κ1) is 16.0. The Hall–Kier alpha value is -2.10. The van der Waals surface area contributed by atoms with Gasteiger partial charge in [-0.25, -0.2) is 0 Å². The van der Waals surface area contributed by atoms with Crippen LogP contribution in [0, 0.1) is 0 Å². The van der Waals surface area contributed by atoms with Crippen LogP contribution in [0.1, 0.15) is 32.3 Å². The second kappa shape index (κ2) is 8.15. The van der Waals surface area contributed by atoms with E-state index in [1.54, 1.807) is 0 Å². The van der Waals surface area contributed by atoms with Crippen molar-refractivity contribution in [1.82, 2.24) is 10.3 Å². The fraction of sp³-hybridized carbons (Fsp3) is 0.375. The van der Waals surface area contributed by atoms with E-state index in [4.69, 9.17) is 4.79 Å². The summed E-state index contributed by atoms with van der Waals surface area (Å²) < 4.78 is 0. The molecule has 1 aromatic carbocycles. The highest BCUT2D eigenvalue weighted by atomic mass is 16.1. The number of fused-ring (bicyclic) bond motifs is 1. The van der Waals surface area contributed by atoms with Crippen molar-refractivity contribution < 1.29 is 9.59 Å². The molecule has 0 saturated heterocycles. The van der Waals surface area contributed by atoms with Crippen molar-refractivity contribution in [2.45, 2.75) is 39.2 Å². The third-order valence-electron chi connectivity index (χ3n) is 3.32. The number of aromatic nitrogens is 1. The minimum absolute atomic E-state index is 0.127. The zero-order valence-electron chi connectivity index (χ0n) is 12.1. The van der Waals surface area contributed by atoms with Crippen LogP contribution >= 0.6 is 0 Å². The number of hydrogen-bond acceptors (Lipinski definition) is 2. The number of hydrogen-bond donors (Lipinski definition) is 2. The summed E-state index contributed by atoms with van der Waals surface area (Å²) in [5, 5.41) is 4.32. The lowest BCUT2D eigenvalue weighted by Gasteiger charge is -2.16. The van der Waals surface area contributed by atoms with E-state index in [0.717, 1.165) is 18.4 Å². The average Bonchev–Trinajstić information content (AvgIpc) is 2.91. The molecule has 2 rings (SSSR count). The van der Waals surface area contributed by atoms with Crippen LogP contribution in [0.4, 0.5) is 0 Å². The van der Waals surface area contributed by atoms with Crippen molar-refractivity contribution in [3.05, 3.63) is 36.0 Å². The van der Waals surface area contributed by atoms with Gasteiger partial charge in [-0.1, -0.05) is 32.0 Å². The largest absolute Gasteiger partial charge is 0.361 e. The molecule has 0 spiro atoms. The zero-order valence-corrected chi connectivity index (χ0v) is 12.1. The quantitative estimate of drug-likeness (QED) is 0.880. The van der Waals surface area contributed by atoms with Crippen molar-refractivity contribution in [2.75, 3.05) is 0 Å². The first-order chi connectivity index (χ1) is 9.74. The van der Waals surface area contributed by atoms with E-state index in [0.29, 0.717) is 6.42 Å². The lowest BCUT2D eigenvalue weighted by atomic mass is 10.0. The third-order valence-corrected chi connectivity index (χ3v) is 3.32. The van der Waals surface area contributed by atoms with Gasteiger partial charge >= 0.3 is 0 Å². The summed E-state index contributed by atoms with van der Waals surface area (Å²) in [6.45, 7) is 5.99. The second-order valence-electron chi connectivity index (χ2n) is 4.59. The first-order valence-corrected chi connectivity index (χ1v) is 6.87. The maximum absolute atomic E-state index is 11.5. The van der Waals surface area contributed by atoms with Gasteiger partial charge < -0.3 is 15.1 Å². The van der Waals surface area contributed by atoms with E-state index in [1.165, 1.54) is 10.9 Å². The predicted octanol–water partition coefficient (Wildman–Crippen LogP) is 2.83. The van der Waals surface area contributed by atoms with Gasteiger partial charge in [-0.15, -0.1) is 0 Å². The van der Waals surface area contributed by atoms with E-state index in [9.17, 15) is 4.79 Å². The number of nitrogens with one attached hydrogen (secondary N) is 2. The second-order valence-corrected chi connectivity index (χ2v) is 4.59. The van der Waals surface area contributed by atoms with Gasteiger partial charge in [-0.05, 0) is 24.5 Å². The summed E-state index contributed by atoms with van der Waals surface area (Å²) in [5.74, 6) is 0.127. The summed E-state index contributed by atoms with van der Waals surface area (Å²) in [7, 11) is 0. The fourth-order valence-corrected chi connectivity index (χ4v) is 2.19. The Labute approximate surface area is 119 Å². The molecule has 0 aliphatic rings. The van der Waals surface area contributed by atoms with Crippen molar-refractivity contribution in [2.24, 2.45) is 0 Å². The molecule has 20 heavy (non-hydrogen) atoms. The van der Waals surface area contributed by atoms with Gasteiger partial charge in [0.2, 0.25) is 5.91 Å². The molecule has 1 amide bonds. The van der Waals surface area contributed by atoms with Crippen LogP contribution in [0.15, 0.2) is 30.5 Å². The standard InChI is InChI=1S/C15H20N2O.CH2O/c1-3-12(17-15(18)4-2)9-11-10-16-14-8-6-5-7-13(11)14;1-2/h5-8,10,12,16H,3-4,9H2,1-2H3,(H,17,18);1H2. The van der Waals surface area contributed by atoms with Gasteiger partial charge in [-0.2, -0.15) is 0 Å². The fourth-order valence-electron chi connectivity index (χ4n) is 2.19. The monoisotopic (exact) mass is 274 g/mol. The lowest BCUT2D eigenvalue weighted by molar-refractivity contribution is -0.121. The van der Waals surface area contributed by atoms with Crippen LogP contribution in [-0.2, 0) is 16.0 Å². The molecule has 1 aromatic heterocycles. The van der Waals surface area contributed by atoms with Crippen LogP contribution < -0.4 is 5.32 Å². The smallest absolute Gasteiger partial charge is 0.219 e. The van der Waals surface area contributed by atoms with Gasteiger partial charge in [0.15, 0.2) is 0 Å². The number of aromatic amines is 1. The normalized spacial score (nSPS) is 11.5. The van der Waals surface area contributed by atoms with Gasteiger partial charge in [-0.3, -0.25) is 4.79 Å². The van der Waals surface area contributed by atoms with E-state index in [2.05, 4.69) is 29.4 Å². The van der Waals surface area contributed by atoms with Crippen molar-refractivity contribution in [3.8, 4) is 0 Å². The number of rotatable bonds is 5. The molecule has 1 heterocycles. The minimum Gasteiger partial charge on any atom is -0.361 e. The van der Waals surface area contributed by atoms with Crippen molar-refractivity contribution in [1.29, 1.82) is 0 Å². The molecule has 0 saturated carbocycles.